The number of halogens is 2. The molecule has 22 rings (SSSR count). The lowest BCUT2D eigenvalue weighted by Gasteiger charge is -2.16. The van der Waals surface area contributed by atoms with Crippen molar-refractivity contribution in [1.29, 1.82) is 0 Å². The fraction of sp³-hybridized carbons (Fsp3) is 0.0280. The van der Waals surface area contributed by atoms with E-state index in [4.69, 9.17) is 41.3 Å². The molecule has 2 radical (unpaired) electrons. The molecule has 20 aromatic rings. The number of hydrogen-bond acceptors (Lipinski definition) is 8. The molecule has 0 fully saturated rings. The maximum absolute atomic E-state index is 8.58. The number of benzene rings is 17. The minimum absolute atomic E-state index is 0. The largest absolute Gasteiger partial charge is 0.488 e. The summed E-state index contributed by atoms with van der Waals surface area (Å²) in [6, 6.07) is 141. The van der Waals surface area contributed by atoms with E-state index in [1.807, 2.05) is 146 Å². The standard InChI is InChI=1S/C43H28N4.C25H16BrN3.C19H14.C13H9Br.C6H7BO2.CH3B/c1-4-15-29(16-5-1)32-24-14-25-36-35-23-12-13-26-38(35)47(40(32)36)39-28-27-37(33-21-10-11-22-34(33)39)43-45-41(30-17-6-2-7-18-30)44-42(46-43)31-19-8-3-9-20-31;26-22-16-15-21(19-13-7-8-14-20(19)22)25-28-23(17-9-3-1-4-10-17)27-24(29-25)18-11-5-2-6-12-18;1-2-7-14(8-3-1)16-11-6-12-18-17-10-5-4-9-15(17)13-19(16)18;14-13-7-3-6-11-10-5-2-1-4-9(10)8-12(11)13;8-7(9)6-4-2-1-3-5-6;1-2/h1-28H;1-16H;1-12H,13H2;1-7H,8H2;1-5,8-9H;1H3/i;;;;;1D. The van der Waals surface area contributed by atoms with Gasteiger partial charge in [0.2, 0.25) is 0 Å². The molecule has 2 aliphatic carbocycles. The molecule has 0 saturated heterocycles. The van der Waals surface area contributed by atoms with E-state index in [0.29, 0.717) is 40.4 Å². The van der Waals surface area contributed by atoms with Gasteiger partial charge in [-0.1, -0.05) is 415 Å². The lowest BCUT2D eigenvalue weighted by atomic mass is 9.81. The summed E-state index contributed by atoms with van der Waals surface area (Å²) in [5, 5.41) is 24.1. The molecule has 572 valence electrons. The van der Waals surface area contributed by atoms with Crippen molar-refractivity contribution in [3.05, 3.63) is 444 Å². The molecule has 2 N–H and O–H groups in total. The normalized spacial score (nSPS) is 11.3. The van der Waals surface area contributed by atoms with Crippen LogP contribution >= 0.6 is 31.9 Å². The van der Waals surface area contributed by atoms with Gasteiger partial charge in [0.1, 0.15) is 0 Å². The van der Waals surface area contributed by atoms with Crippen LogP contribution in [0.25, 0.3) is 162 Å². The monoisotopic (exact) mass is 1670 g/mol. The molecule has 17 aromatic carbocycles. The zero-order chi connectivity index (χ0) is 82.4. The molecule has 2 aliphatic rings. The Kier molecular flexibility index (Phi) is 23.7. The van der Waals surface area contributed by atoms with Crippen LogP contribution in [0.5, 0.6) is 0 Å². The van der Waals surface area contributed by atoms with E-state index in [-0.39, 0.29) is 6.80 Å². The summed E-state index contributed by atoms with van der Waals surface area (Å²) in [7, 11) is 3.17. The Labute approximate surface area is 718 Å². The average Bonchev–Trinajstić information content (AvgIpc) is 1.60. The van der Waals surface area contributed by atoms with Crippen molar-refractivity contribution in [3.63, 3.8) is 0 Å². The van der Waals surface area contributed by atoms with Crippen LogP contribution in [0, 0.1) is 0 Å². The summed E-state index contributed by atoms with van der Waals surface area (Å²) in [6.45, 7) is 0. The molecule has 0 spiro atoms. The van der Waals surface area contributed by atoms with E-state index >= 15 is 0 Å². The Morgan fingerprint density at radius 3 is 1.10 bits per heavy atom. The molecule has 13 heteroatoms. The van der Waals surface area contributed by atoms with Crippen molar-refractivity contribution < 1.29 is 11.4 Å². The van der Waals surface area contributed by atoms with Crippen molar-refractivity contribution >= 4 is 95.6 Å². The lowest BCUT2D eigenvalue weighted by Crippen LogP contribution is -2.29. The maximum Gasteiger partial charge on any atom is 0.488 e. The molecule has 3 heterocycles. The number of aromatic nitrogens is 7. The molecule has 9 nitrogen and oxygen atoms in total. The summed E-state index contributed by atoms with van der Waals surface area (Å²) < 4.78 is 10.7. The molecule has 0 aliphatic heterocycles. The zero-order valence-corrected chi connectivity index (χ0v) is 68.5. The van der Waals surface area contributed by atoms with E-state index in [1.54, 1.807) is 24.3 Å². The van der Waals surface area contributed by atoms with E-state index in [0.717, 1.165) is 77.9 Å². The fourth-order valence-corrected chi connectivity index (χ4v) is 16.9. The highest BCUT2D eigenvalue weighted by Crippen LogP contribution is 2.45. The van der Waals surface area contributed by atoms with Gasteiger partial charge in [-0.3, -0.25) is 0 Å². The van der Waals surface area contributed by atoms with Gasteiger partial charge in [-0.05, 0) is 132 Å². The fourth-order valence-electron chi connectivity index (χ4n) is 15.9. The van der Waals surface area contributed by atoms with Crippen molar-refractivity contribution in [2.24, 2.45) is 0 Å². The number of hydrogen-bond donors (Lipinski definition) is 2. The second-order valence-corrected chi connectivity index (χ2v) is 30.4. The van der Waals surface area contributed by atoms with Gasteiger partial charge in [-0.15, -0.1) is 0 Å². The highest BCUT2D eigenvalue weighted by atomic mass is 79.9. The molecule has 0 bridgehead atoms. The van der Waals surface area contributed by atoms with Crippen molar-refractivity contribution in [1.82, 2.24) is 34.5 Å². The highest BCUT2D eigenvalue weighted by molar-refractivity contribution is 9.11. The third kappa shape index (κ3) is 16.7. The van der Waals surface area contributed by atoms with Crippen molar-refractivity contribution in [3.8, 4) is 119 Å². The predicted molar refractivity (Wildman–Crippen MR) is 505 cm³/mol. The van der Waals surface area contributed by atoms with Crippen LogP contribution in [0.15, 0.2) is 421 Å². The number of fused-ring (bicyclic) bond motifs is 11. The van der Waals surface area contributed by atoms with Gasteiger partial charge in [0.25, 0.3) is 0 Å². The van der Waals surface area contributed by atoms with E-state index in [2.05, 4.69) is 287 Å². The van der Waals surface area contributed by atoms with Crippen LogP contribution in [0.1, 0.15) is 23.6 Å². The van der Waals surface area contributed by atoms with Crippen LogP contribution in [0.4, 0.5) is 0 Å². The molecular weight excluding hydrogens is 1600 g/mol. The van der Waals surface area contributed by atoms with Gasteiger partial charge in [0.15, 0.2) is 34.9 Å². The SMILES string of the molecule is Brc1ccc(-c2nc(-c3ccccc3)nc(-c3ccccc3)n2)c2ccccc12.Brc1cccc2c1Cc1ccccc1-2.OB(O)c1ccccc1.[2H]C[B].c1ccc(-c2cccc3c2Cc2ccccc2-3)cc1.c1ccc(-c2nc(-c3ccccc3)nc(-c3ccc(-n4c5ccccc5c5cccc(-c6ccccc6)c54)c4ccccc34)n2)cc1. The number of nitrogens with zero attached hydrogens (tertiary/aromatic N) is 7. The van der Waals surface area contributed by atoms with E-state index in [9.17, 15) is 0 Å². The molecule has 0 atom stereocenters. The van der Waals surface area contributed by atoms with E-state index in [1.165, 1.54) is 93.0 Å². The molecule has 0 saturated carbocycles. The first-order chi connectivity index (χ1) is 59.6. The van der Waals surface area contributed by atoms with Crippen LogP contribution in [0.3, 0.4) is 0 Å². The quantitative estimate of drug-likeness (QED) is 0.130. The summed E-state index contributed by atoms with van der Waals surface area (Å²) in [5.41, 5.74) is 26.2. The second kappa shape index (κ2) is 36.7. The topological polar surface area (TPSA) is 123 Å². The first kappa shape index (κ1) is 77.3. The zero-order valence-electron chi connectivity index (χ0n) is 66.3. The van der Waals surface area contributed by atoms with Gasteiger partial charge in [-0.2, -0.15) is 0 Å². The second-order valence-electron chi connectivity index (χ2n) is 28.7. The van der Waals surface area contributed by atoms with Gasteiger partial charge in [0.05, 0.1) is 24.6 Å². The molecule has 0 unspecified atom stereocenters. The predicted octanol–water partition coefficient (Wildman–Crippen LogP) is 26.1. The van der Waals surface area contributed by atoms with Gasteiger partial charge in [0, 0.05) is 65.4 Å². The number of para-hydroxylation sites is 2. The van der Waals surface area contributed by atoms with Crippen LogP contribution < -0.4 is 5.46 Å². The third-order valence-electron chi connectivity index (χ3n) is 21.5. The smallest absolute Gasteiger partial charge is 0.423 e. The van der Waals surface area contributed by atoms with E-state index < -0.39 is 7.12 Å². The van der Waals surface area contributed by atoms with Crippen LogP contribution in [-0.4, -0.2) is 59.5 Å². The first-order valence-corrected chi connectivity index (χ1v) is 41.3. The van der Waals surface area contributed by atoms with Gasteiger partial charge >= 0.3 is 7.12 Å². The number of rotatable bonds is 10. The third-order valence-corrected chi connectivity index (χ3v) is 22.9. The van der Waals surface area contributed by atoms with Gasteiger partial charge < -0.3 is 14.6 Å². The summed E-state index contributed by atoms with van der Waals surface area (Å²) in [6.07, 6.45) is 2.11. The van der Waals surface area contributed by atoms with Crippen molar-refractivity contribution in [2.75, 3.05) is 0 Å². The molecular formula is C107H77B2Br2N7O2. The Balaban J connectivity index is 0.000000119. The average molecular weight is 1680 g/mol. The Hall–Kier alpha value is -13.9. The lowest BCUT2D eigenvalue weighted by molar-refractivity contribution is 0.426. The van der Waals surface area contributed by atoms with Crippen LogP contribution in [-0.2, 0) is 12.8 Å². The highest BCUT2D eigenvalue weighted by Gasteiger charge is 2.25. The minimum Gasteiger partial charge on any atom is -0.423 e. The molecule has 0 amide bonds. The molecule has 3 aromatic heterocycles. The van der Waals surface area contributed by atoms with Gasteiger partial charge in [-0.25, -0.2) is 29.9 Å². The minimum atomic E-state index is -1.34. The summed E-state index contributed by atoms with van der Waals surface area (Å²) in [5.74, 6) is 3.95. The van der Waals surface area contributed by atoms with Crippen molar-refractivity contribution in [2.45, 2.75) is 19.6 Å². The Morgan fingerprint density at radius 1 is 0.275 bits per heavy atom. The van der Waals surface area contributed by atoms with Crippen LogP contribution in [0.2, 0.25) is 6.80 Å². The first-order valence-electron chi connectivity index (χ1n) is 40.4. The Morgan fingerprint density at radius 2 is 0.608 bits per heavy atom. The molecule has 120 heavy (non-hydrogen) atoms. The summed E-state index contributed by atoms with van der Waals surface area (Å²) in [4.78, 5) is 29.5. The Bertz CT molecular complexity index is 6910. The maximum atomic E-state index is 8.58. The summed E-state index contributed by atoms with van der Waals surface area (Å²) >= 11 is 7.26.